The van der Waals surface area contributed by atoms with E-state index in [1.807, 2.05) is 0 Å². The summed E-state index contributed by atoms with van der Waals surface area (Å²) in [6, 6.07) is 13.1. The van der Waals surface area contributed by atoms with Crippen LogP contribution in [0.3, 0.4) is 0 Å². The second-order valence-corrected chi connectivity index (χ2v) is 6.55. The summed E-state index contributed by atoms with van der Waals surface area (Å²) >= 11 is 10.7. The van der Waals surface area contributed by atoms with E-state index in [9.17, 15) is 9.59 Å². The SMILES string of the molecule is O=C([Se]C(=O)c1ccc(Cl)cc1)c1ccc(Cl)cc1. The minimum atomic E-state index is -0.776. The molecule has 2 aromatic carbocycles. The molecule has 2 aromatic rings. The van der Waals surface area contributed by atoms with Crippen molar-refractivity contribution in [1.29, 1.82) is 0 Å². The zero-order valence-corrected chi connectivity index (χ0v) is 12.8. The van der Waals surface area contributed by atoms with E-state index in [1.165, 1.54) is 0 Å². The third kappa shape index (κ3) is 3.92. The predicted octanol–water partition coefficient (Wildman–Crippen LogP) is 3.68. The summed E-state index contributed by atoms with van der Waals surface area (Å²) in [6.07, 6.45) is 0. The molecule has 0 N–H and O–H groups in total. The second kappa shape index (κ2) is 6.36. The average molecular weight is 358 g/mol. The van der Waals surface area contributed by atoms with Crippen LogP contribution in [0.5, 0.6) is 0 Å². The van der Waals surface area contributed by atoms with Crippen molar-refractivity contribution in [3.8, 4) is 0 Å². The summed E-state index contributed by atoms with van der Waals surface area (Å²) in [7, 11) is 0. The molecule has 0 saturated carbocycles. The Kier molecular flexibility index (Phi) is 4.78. The van der Waals surface area contributed by atoms with Crippen molar-refractivity contribution in [1.82, 2.24) is 0 Å². The number of carbonyl (C=O) groups excluding carboxylic acids is 2. The minimum absolute atomic E-state index is 0.163. The molecule has 0 heterocycles. The van der Waals surface area contributed by atoms with Crippen molar-refractivity contribution in [2.24, 2.45) is 0 Å². The number of hydrogen-bond donors (Lipinski definition) is 0. The van der Waals surface area contributed by atoms with Gasteiger partial charge in [-0.3, -0.25) is 0 Å². The van der Waals surface area contributed by atoms with Gasteiger partial charge in [-0.2, -0.15) is 0 Å². The Hall–Kier alpha value is -1.12. The Morgan fingerprint density at radius 1 is 0.684 bits per heavy atom. The van der Waals surface area contributed by atoms with Crippen LogP contribution in [0, 0.1) is 0 Å². The molecule has 0 spiro atoms. The molecule has 0 bridgehead atoms. The Bertz CT molecular complexity index is 551. The van der Waals surface area contributed by atoms with Gasteiger partial charge in [-0.1, -0.05) is 0 Å². The van der Waals surface area contributed by atoms with Gasteiger partial charge in [-0.25, -0.2) is 0 Å². The van der Waals surface area contributed by atoms with Crippen LogP contribution < -0.4 is 0 Å². The number of benzene rings is 2. The summed E-state index contributed by atoms with van der Waals surface area (Å²) in [5.74, 6) is 0. The van der Waals surface area contributed by atoms with Gasteiger partial charge in [0.05, 0.1) is 0 Å². The van der Waals surface area contributed by atoms with Crippen LogP contribution in [0.1, 0.15) is 20.7 Å². The molecule has 0 fully saturated rings. The Labute approximate surface area is 126 Å². The summed E-state index contributed by atoms with van der Waals surface area (Å²) in [6.45, 7) is 0. The van der Waals surface area contributed by atoms with Crippen LogP contribution in [0.4, 0.5) is 0 Å². The molecular formula is C14H8Cl2O2Se. The fourth-order valence-corrected chi connectivity index (χ4v) is 3.04. The van der Waals surface area contributed by atoms with Crippen molar-refractivity contribution in [2.75, 3.05) is 0 Å². The molecule has 0 aliphatic heterocycles. The van der Waals surface area contributed by atoms with Gasteiger partial charge in [-0.15, -0.1) is 0 Å². The zero-order valence-electron chi connectivity index (χ0n) is 9.60. The summed E-state index contributed by atoms with van der Waals surface area (Å²) < 4.78 is -0.326. The molecule has 19 heavy (non-hydrogen) atoms. The van der Waals surface area contributed by atoms with Crippen LogP contribution >= 0.6 is 23.2 Å². The van der Waals surface area contributed by atoms with Gasteiger partial charge < -0.3 is 0 Å². The van der Waals surface area contributed by atoms with E-state index in [4.69, 9.17) is 23.2 Å². The summed E-state index contributed by atoms with van der Waals surface area (Å²) in [5, 5.41) is 1.13. The zero-order chi connectivity index (χ0) is 13.8. The van der Waals surface area contributed by atoms with Crippen molar-refractivity contribution in [2.45, 2.75) is 0 Å². The number of carbonyl (C=O) groups is 2. The van der Waals surface area contributed by atoms with Crippen molar-refractivity contribution in [3.05, 3.63) is 69.7 Å². The van der Waals surface area contributed by atoms with E-state index in [-0.39, 0.29) is 9.36 Å². The van der Waals surface area contributed by atoms with E-state index in [2.05, 4.69) is 0 Å². The molecule has 2 nitrogen and oxygen atoms in total. The van der Waals surface area contributed by atoms with E-state index in [1.54, 1.807) is 48.5 Å². The molecular weight excluding hydrogens is 350 g/mol. The Balaban J connectivity index is 2.08. The molecule has 0 amide bonds. The fraction of sp³-hybridized carbons (Fsp3) is 0. The molecule has 0 aliphatic rings. The molecule has 0 aromatic heterocycles. The third-order valence-corrected chi connectivity index (χ3v) is 4.62. The van der Waals surface area contributed by atoms with Gasteiger partial charge in [0.2, 0.25) is 0 Å². The van der Waals surface area contributed by atoms with Crippen LogP contribution in [-0.2, 0) is 0 Å². The molecule has 2 rings (SSSR count). The van der Waals surface area contributed by atoms with Gasteiger partial charge in [0, 0.05) is 0 Å². The maximum atomic E-state index is 11.9. The molecule has 0 unspecified atom stereocenters. The monoisotopic (exact) mass is 358 g/mol. The standard InChI is InChI=1S/C14H8Cl2O2Se/c15-11-5-1-9(2-6-11)13(17)19-14(18)10-3-7-12(16)8-4-10/h1-8H. The van der Waals surface area contributed by atoms with Gasteiger partial charge in [0.1, 0.15) is 0 Å². The Morgan fingerprint density at radius 3 is 1.32 bits per heavy atom. The first-order chi connectivity index (χ1) is 9.06. The van der Waals surface area contributed by atoms with E-state index >= 15 is 0 Å². The van der Waals surface area contributed by atoms with Crippen LogP contribution in [0.25, 0.3) is 0 Å². The van der Waals surface area contributed by atoms with Gasteiger partial charge in [0.15, 0.2) is 0 Å². The second-order valence-electron chi connectivity index (χ2n) is 3.69. The first-order valence-electron chi connectivity index (χ1n) is 5.34. The third-order valence-electron chi connectivity index (χ3n) is 2.35. The van der Waals surface area contributed by atoms with E-state index < -0.39 is 15.0 Å². The predicted molar refractivity (Wildman–Crippen MR) is 77.3 cm³/mol. The topological polar surface area (TPSA) is 34.1 Å². The summed E-state index contributed by atoms with van der Waals surface area (Å²) in [5.41, 5.74) is 1.01. The molecule has 5 heteroatoms. The van der Waals surface area contributed by atoms with Crippen molar-refractivity contribution >= 4 is 47.5 Å². The average Bonchev–Trinajstić information content (AvgIpc) is 2.40. The first kappa shape index (κ1) is 14.3. The van der Waals surface area contributed by atoms with Crippen LogP contribution in [-0.4, -0.2) is 24.3 Å². The molecule has 0 aliphatic carbocycles. The van der Waals surface area contributed by atoms with Crippen molar-refractivity contribution in [3.63, 3.8) is 0 Å². The van der Waals surface area contributed by atoms with Gasteiger partial charge in [0.25, 0.3) is 0 Å². The van der Waals surface area contributed by atoms with E-state index in [0.717, 1.165) is 0 Å². The molecule has 96 valence electrons. The van der Waals surface area contributed by atoms with Gasteiger partial charge in [-0.05, 0) is 0 Å². The number of halogens is 2. The van der Waals surface area contributed by atoms with Crippen LogP contribution in [0.2, 0.25) is 10.0 Å². The van der Waals surface area contributed by atoms with Crippen molar-refractivity contribution < 1.29 is 9.59 Å². The summed E-state index contributed by atoms with van der Waals surface area (Å²) in [4.78, 5) is 23.9. The normalized spacial score (nSPS) is 10.2. The van der Waals surface area contributed by atoms with E-state index in [0.29, 0.717) is 21.2 Å². The maximum absolute atomic E-state index is 11.9. The molecule has 0 radical (unpaired) electrons. The fourth-order valence-electron chi connectivity index (χ4n) is 1.37. The van der Waals surface area contributed by atoms with Crippen LogP contribution in [0.15, 0.2) is 48.5 Å². The quantitative estimate of drug-likeness (QED) is 0.782. The Morgan fingerprint density at radius 2 is 1.00 bits per heavy atom. The molecule has 0 saturated heterocycles. The first-order valence-corrected chi connectivity index (χ1v) is 7.81. The number of rotatable bonds is 4. The molecule has 0 atom stereocenters. The number of hydrogen-bond acceptors (Lipinski definition) is 2. The van der Waals surface area contributed by atoms with Gasteiger partial charge >= 0.3 is 127 Å².